The van der Waals surface area contributed by atoms with Gasteiger partial charge in [-0.05, 0) is 36.5 Å². The average molecular weight is 152 g/mol. The van der Waals surface area contributed by atoms with Crippen molar-refractivity contribution < 1.29 is 0 Å². The fourth-order valence-corrected chi connectivity index (χ4v) is 3.30. The lowest BCUT2D eigenvalue weighted by atomic mass is 9.56. The topological polar surface area (TPSA) is 0 Å². The predicted octanol–water partition coefficient (Wildman–Crippen LogP) is 3.47. The van der Waals surface area contributed by atoms with E-state index in [9.17, 15) is 0 Å². The van der Waals surface area contributed by atoms with Gasteiger partial charge in [0, 0.05) is 0 Å². The van der Waals surface area contributed by atoms with Gasteiger partial charge in [-0.15, -0.1) is 0 Å². The van der Waals surface area contributed by atoms with E-state index in [-0.39, 0.29) is 0 Å². The quantitative estimate of drug-likeness (QED) is 0.498. The highest BCUT2D eigenvalue weighted by atomic mass is 14.5. The van der Waals surface area contributed by atoms with Crippen molar-refractivity contribution in [3.05, 3.63) is 0 Å². The minimum absolute atomic E-state index is 1.04. The maximum atomic E-state index is 2.46. The van der Waals surface area contributed by atoms with Gasteiger partial charge in [-0.2, -0.15) is 0 Å². The van der Waals surface area contributed by atoms with Crippen LogP contribution in [0.3, 0.4) is 0 Å². The number of hydrogen-bond acceptors (Lipinski definition) is 0. The van der Waals surface area contributed by atoms with Gasteiger partial charge in [-0.1, -0.05) is 33.1 Å². The molecule has 11 heavy (non-hydrogen) atoms. The molecule has 4 unspecified atom stereocenters. The fourth-order valence-electron chi connectivity index (χ4n) is 3.30. The second kappa shape index (κ2) is 2.80. The van der Waals surface area contributed by atoms with Gasteiger partial charge < -0.3 is 0 Å². The van der Waals surface area contributed by atoms with Crippen LogP contribution in [0.5, 0.6) is 0 Å². The van der Waals surface area contributed by atoms with Crippen molar-refractivity contribution in [2.45, 2.75) is 46.0 Å². The Morgan fingerprint density at radius 2 is 1.18 bits per heavy atom. The minimum Gasteiger partial charge on any atom is -0.0620 e. The van der Waals surface area contributed by atoms with Crippen LogP contribution >= 0.6 is 0 Å². The van der Waals surface area contributed by atoms with Crippen LogP contribution in [0.1, 0.15) is 46.0 Å². The SMILES string of the molecule is CC1C(C)C2CCCCCC12. The Morgan fingerprint density at radius 1 is 0.727 bits per heavy atom. The molecule has 0 spiro atoms. The summed E-state index contributed by atoms with van der Waals surface area (Å²) in [5, 5.41) is 0. The highest BCUT2D eigenvalue weighted by Gasteiger charge is 2.44. The molecule has 2 saturated carbocycles. The third-order valence-corrected chi connectivity index (χ3v) is 4.30. The molecule has 0 heteroatoms. The highest BCUT2D eigenvalue weighted by Crippen LogP contribution is 2.51. The normalized spacial score (nSPS) is 50.7. The van der Waals surface area contributed by atoms with Gasteiger partial charge in [0.25, 0.3) is 0 Å². The lowest BCUT2D eigenvalue weighted by Crippen LogP contribution is -2.42. The van der Waals surface area contributed by atoms with E-state index in [1.54, 1.807) is 0 Å². The van der Waals surface area contributed by atoms with Crippen LogP contribution in [0.15, 0.2) is 0 Å². The van der Waals surface area contributed by atoms with Crippen molar-refractivity contribution in [2.75, 3.05) is 0 Å². The van der Waals surface area contributed by atoms with Crippen molar-refractivity contribution >= 4 is 0 Å². The Bertz CT molecular complexity index is 123. The van der Waals surface area contributed by atoms with E-state index < -0.39 is 0 Å². The highest BCUT2D eigenvalue weighted by molar-refractivity contribution is 4.93. The zero-order chi connectivity index (χ0) is 7.84. The summed E-state index contributed by atoms with van der Waals surface area (Å²) in [4.78, 5) is 0. The van der Waals surface area contributed by atoms with E-state index >= 15 is 0 Å². The van der Waals surface area contributed by atoms with Crippen LogP contribution in [0.25, 0.3) is 0 Å². The minimum atomic E-state index is 1.04. The molecular formula is C11H20. The Kier molecular flexibility index (Phi) is 1.95. The van der Waals surface area contributed by atoms with Crippen LogP contribution in [0.2, 0.25) is 0 Å². The summed E-state index contributed by atoms with van der Waals surface area (Å²) < 4.78 is 0. The Labute approximate surface area is 70.4 Å². The molecule has 0 radical (unpaired) electrons. The molecule has 2 aliphatic carbocycles. The van der Waals surface area contributed by atoms with Gasteiger partial charge in [-0.3, -0.25) is 0 Å². The molecule has 0 aromatic rings. The molecule has 64 valence electrons. The van der Waals surface area contributed by atoms with Gasteiger partial charge in [0.15, 0.2) is 0 Å². The van der Waals surface area contributed by atoms with Crippen molar-refractivity contribution in [2.24, 2.45) is 23.7 Å². The molecule has 4 atom stereocenters. The van der Waals surface area contributed by atoms with E-state index in [4.69, 9.17) is 0 Å². The molecule has 0 amide bonds. The standard InChI is InChI=1S/C11H20/c1-8-9(2)11-7-5-3-4-6-10(8)11/h8-11H,3-7H2,1-2H3. The Hall–Kier alpha value is 0. The van der Waals surface area contributed by atoms with Gasteiger partial charge >= 0.3 is 0 Å². The molecule has 0 aromatic heterocycles. The number of hydrogen-bond donors (Lipinski definition) is 0. The monoisotopic (exact) mass is 152 g/mol. The average Bonchev–Trinajstić information content (AvgIpc) is 2.25. The third kappa shape index (κ3) is 1.11. The van der Waals surface area contributed by atoms with Gasteiger partial charge in [0.05, 0.1) is 0 Å². The van der Waals surface area contributed by atoms with Crippen LogP contribution in [-0.2, 0) is 0 Å². The lowest BCUT2D eigenvalue weighted by Gasteiger charge is -2.49. The second-order valence-electron chi connectivity index (χ2n) is 4.68. The molecule has 0 heterocycles. The molecule has 0 nitrogen and oxygen atoms in total. The van der Waals surface area contributed by atoms with Gasteiger partial charge in [0.1, 0.15) is 0 Å². The molecule has 0 aromatic carbocycles. The zero-order valence-electron chi connectivity index (χ0n) is 7.84. The maximum Gasteiger partial charge on any atom is -0.0355 e. The van der Waals surface area contributed by atoms with Crippen molar-refractivity contribution in [1.82, 2.24) is 0 Å². The summed E-state index contributed by atoms with van der Waals surface area (Å²) in [6.07, 6.45) is 7.61. The van der Waals surface area contributed by atoms with E-state index in [0.29, 0.717) is 0 Å². The molecular weight excluding hydrogens is 132 g/mol. The first-order valence-electron chi connectivity index (χ1n) is 5.30. The molecule has 2 fully saturated rings. The van der Waals surface area contributed by atoms with Crippen LogP contribution in [-0.4, -0.2) is 0 Å². The summed E-state index contributed by atoms with van der Waals surface area (Å²) in [7, 11) is 0. The van der Waals surface area contributed by atoms with E-state index in [2.05, 4.69) is 13.8 Å². The molecule has 0 bridgehead atoms. The van der Waals surface area contributed by atoms with Gasteiger partial charge in [0.2, 0.25) is 0 Å². The molecule has 0 saturated heterocycles. The van der Waals surface area contributed by atoms with Crippen LogP contribution < -0.4 is 0 Å². The fraction of sp³-hybridized carbons (Fsp3) is 1.00. The van der Waals surface area contributed by atoms with Gasteiger partial charge in [-0.25, -0.2) is 0 Å². The summed E-state index contributed by atoms with van der Waals surface area (Å²) in [6, 6.07) is 0. The zero-order valence-corrected chi connectivity index (χ0v) is 7.84. The van der Waals surface area contributed by atoms with Crippen LogP contribution in [0, 0.1) is 23.7 Å². The summed E-state index contributed by atoms with van der Waals surface area (Å²) in [5.41, 5.74) is 0. The maximum absolute atomic E-state index is 2.46. The summed E-state index contributed by atoms with van der Waals surface area (Å²) >= 11 is 0. The van der Waals surface area contributed by atoms with E-state index in [0.717, 1.165) is 23.7 Å². The van der Waals surface area contributed by atoms with E-state index in [1.165, 1.54) is 32.1 Å². The Balaban J connectivity index is 1.99. The number of fused-ring (bicyclic) bond motifs is 1. The Morgan fingerprint density at radius 3 is 1.64 bits per heavy atom. The van der Waals surface area contributed by atoms with Crippen molar-refractivity contribution in [3.63, 3.8) is 0 Å². The summed E-state index contributed by atoms with van der Waals surface area (Å²) in [5.74, 6) is 4.32. The molecule has 2 aliphatic rings. The largest absolute Gasteiger partial charge is 0.0620 e. The first kappa shape index (κ1) is 7.64. The number of rotatable bonds is 0. The second-order valence-corrected chi connectivity index (χ2v) is 4.68. The first-order valence-corrected chi connectivity index (χ1v) is 5.30. The smallest absolute Gasteiger partial charge is 0.0355 e. The van der Waals surface area contributed by atoms with Crippen molar-refractivity contribution in [3.8, 4) is 0 Å². The van der Waals surface area contributed by atoms with Crippen molar-refractivity contribution in [1.29, 1.82) is 0 Å². The molecule has 0 aliphatic heterocycles. The first-order chi connectivity index (χ1) is 5.30. The third-order valence-electron chi connectivity index (χ3n) is 4.30. The van der Waals surface area contributed by atoms with E-state index in [1.807, 2.05) is 0 Å². The predicted molar refractivity (Wildman–Crippen MR) is 48.4 cm³/mol. The molecule has 0 N–H and O–H groups in total. The van der Waals surface area contributed by atoms with Crippen LogP contribution in [0.4, 0.5) is 0 Å². The summed E-state index contributed by atoms with van der Waals surface area (Å²) in [6.45, 7) is 4.91. The molecule has 2 rings (SSSR count). The lowest BCUT2D eigenvalue weighted by molar-refractivity contribution is -0.00282.